The number of benzene rings is 1. The minimum atomic E-state index is -0.662. The maximum absolute atomic E-state index is 11.1. The van der Waals surface area contributed by atoms with Gasteiger partial charge in [0.15, 0.2) is 0 Å². The Bertz CT molecular complexity index is 366. The van der Waals surface area contributed by atoms with Crippen molar-refractivity contribution in [1.82, 2.24) is 0 Å². The number of halogens is 1. The van der Waals surface area contributed by atoms with E-state index < -0.39 is 11.8 Å². The number of hydrogen-bond donors (Lipinski definition) is 2. The number of nitrogens with two attached hydrogens (primary N) is 1. The summed E-state index contributed by atoms with van der Waals surface area (Å²) in [6.45, 7) is 0. The molecule has 0 aliphatic carbocycles. The molecule has 1 rings (SSSR count). The van der Waals surface area contributed by atoms with Gasteiger partial charge in [0.05, 0.1) is 0 Å². The smallest absolute Gasteiger partial charge is 0.233 e. The lowest BCUT2D eigenvalue weighted by atomic mass is 10.3. The summed E-state index contributed by atoms with van der Waals surface area (Å²) in [6, 6.07) is 6.64. The second kappa shape index (κ2) is 4.62. The predicted octanol–water partition coefficient (Wildman–Crippen LogP) is 1.15. The van der Waals surface area contributed by atoms with Gasteiger partial charge in [-0.15, -0.1) is 0 Å². The number of carbonyl (C=O) groups excluding carboxylic acids is 2. The first-order valence-corrected chi connectivity index (χ1v) is 4.29. The van der Waals surface area contributed by atoms with Crippen LogP contribution < -0.4 is 11.1 Å². The van der Waals surface area contributed by atoms with Crippen molar-refractivity contribution in [1.29, 1.82) is 0 Å². The third-order valence-electron chi connectivity index (χ3n) is 1.44. The van der Waals surface area contributed by atoms with E-state index in [9.17, 15) is 9.59 Å². The summed E-state index contributed by atoms with van der Waals surface area (Å²) in [7, 11) is 0. The number of hydrogen-bond acceptors (Lipinski definition) is 2. The van der Waals surface area contributed by atoms with Crippen molar-refractivity contribution >= 4 is 29.1 Å². The average Bonchev–Trinajstić information content (AvgIpc) is 2.01. The molecule has 3 N–H and O–H groups in total. The molecule has 0 radical (unpaired) electrons. The Kier molecular flexibility index (Phi) is 3.48. The van der Waals surface area contributed by atoms with E-state index in [0.29, 0.717) is 10.7 Å². The van der Waals surface area contributed by atoms with E-state index in [1.165, 1.54) is 0 Å². The van der Waals surface area contributed by atoms with Gasteiger partial charge >= 0.3 is 0 Å². The van der Waals surface area contributed by atoms with Gasteiger partial charge < -0.3 is 11.1 Å². The fourth-order valence-corrected chi connectivity index (χ4v) is 1.12. The fraction of sp³-hybridized carbons (Fsp3) is 0.111. The number of anilines is 1. The summed E-state index contributed by atoms with van der Waals surface area (Å²) < 4.78 is 0. The molecule has 0 aliphatic rings. The fourth-order valence-electron chi connectivity index (χ4n) is 0.930. The second-order valence-corrected chi connectivity index (χ2v) is 3.14. The van der Waals surface area contributed by atoms with Gasteiger partial charge in [-0.25, -0.2) is 0 Å². The Hall–Kier alpha value is -1.55. The van der Waals surface area contributed by atoms with Gasteiger partial charge in [-0.2, -0.15) is 0 Å². The SMILES string of the molecule is NC(=O)CC(=O)Nc1cccc(Cl)c1. The molecule has 1 aromatic carbocycles. The molecule has 0 saturated carbocycles. The molecule has 0 heterocycles. The standard InChI is InChI=1S/C9H9ClN2O2/c10-6-2-1-3-7(4-6)12-9(14)5-8(11)13/h1-4H,5H2,(H2,11,13)(H,12,14). The van der Waals surface area contributed by atoms with Crippen LogP contribution >= 0.6 is 11.6 Å². The highest BCUT2D eigenvalue weighted by molar-refractivity contribution is 6.30. The first-order chi connectivity index (χ1) is 6.58. The van der Waals surface area contributed by atoms with Crippen molar-refractivity contribution in [3.05, 3.63) is 29.3 Å². The molecule has 0 spiro atoms. The van der Waals surface area contributed by atoms with E-state index >= 15 is 0 Å². The van der Waals surface area contributed by atoms with Gasteiger partial charge in [0.25, 0.3) is 0 Å². The Balaban J connectivity index is 2.60. The minimum absolute atomic E-state index is 0.327. The lowest BCUT2D eigenvalue weighted by Gasteiger charge is -2.03. The molecule has 5 heteroatoms. The van der Waals surface area contributed by atoms with Gasteiger partial charge in [-0.3, -0.25) is 9.59 Å². The summed E-state index contributed by atoms with van der Waals surface area (Å²) in [6.07, 6.45) is -0.327. The molecule has 0 atom stereocenters. The van der Waals surface area contributed by atoms with E-state index in [-0.39, 0.29) is 6.42 Å². The normalized spacial score (nSPS) is 9.50. The molecule has 0 saturated heterocycles. The van der Waals surface area contributed by atoms with Crippen molar-refractivity contribution in [2.24, 2.45) is 5.73 Å². The lowest BCUT2D eigenvalue weighted by molar-refractivity contribution is -0.124. The summed E-state index contributed by atoms with van der Waals surface area (Å²) in [5, 5.41) is 3.01. The minimum Gasteiger partial charge on any atom is -0.369 e. The number of carbonyl (C=O) groups is 2. The predicted molar refractivity (Wildman–Crippen MR) is 53.9 cm³/mol. The molecule has 14 heavy (non-hydrogen) atoms. The molecule has 0 aliphatic heterocycles. The highest BCUT2D eigenvalue weighted by Gasteiger charge is 2.05. The maximum atomic E-state index is 11.1. The van der Waals surface area contributed by atoms with E-state index in [1.54, 1.807) is 24.3 Å². The van der Waals surface area contributed by atoms with Crippen molar-refractivity contribution in [2.75, 3.05) is 5.32 Å². The zero-order valence-corrected chi connectivity index (χ0v) is 8.04. The summed E-state index contributed by atoms with van der Waals surface area (Å²) >= 11 is 5.69. The van der Waals surface area contributed by atoms with Crippen LogP contribution in [0.3, 0.4) is 0 Å². The molecular formula is C9H9ClN2O2. The Morgan fingerprint density at radius 1 is 1.43 bits per heavy atom. The van der Waals surface area contributed by atoms with Crippen LogP contribution in [-0.2, 0) is 9.59 Å². The van der Waals surface area contributed by atoms with Crippen molar-refractivity contribution < 1.29 is 9.59 Å². The maximum Gasteiger partial charge on any atom is 0.233 e. The van der Waals surface area contributed by atoms with Gasteiger partial charge in [0, 0.05) is 10.7 Å². The van der Waals surface area contributed by atoms with Crippen LogP contribution in [0.25, 0.3) is 0 Å². The lowest BCUT2D eigenvalue weighted by Crippen LogP contribution is -2.21. The summed E-state index contributed by atoms with van der Waals surface area (Å²) in [4.78, 5) is 21.5. The molecule has 0 fully saturated rings. The van der Waals surface area contributed by atoms with Crippen LogP contribution in [0.1, 0.15) is 6.42 Å². The van der Waals surface area contributed by atoms with Crippen molar-refractivity contribution in [2.45, 2.75) is 6.42 Å². The first-order valence-electron chi connectivity index (χ1n) is 3.91. The van der Waals surface area contributed by atoms with E-state index in [0.717, 1.165) is 0 Å². The first kappa shape index (κ1) is 10.5. The van der Waals surface area contributed by atoms with Gasteiger partial charge in [0.2, 0.25) is 11.8 Å². The number of rotatable bonds is 3. The van der Waals surface area contributed by atoms with Gasteiger partial charge in [0.1, 0.15) is 6.42 Å². The molecule has 2 amide bonds. The van der Waals surface area contributed by atoms with Crippen LogP contribution in [0.4, 0.5) is 5.69 Å². The van der Waals surface area contributed by atoms with Gasteiger partial charge in [-0.1, -0.05) is 17.7 Å². The van der Waals surface area contributed by atoms with Crippen LogP contribution in [0.5, 0.6) is 0 Å². The molecule has 0 aromatic heterocycles. The molecular weight excluding hydrogens is 204 g/mol. The molecule has 4 nitrogen and oxygen atoms in total. The number of nitrogens with one attached hydrogen (secondary N) is 1. The third-order valence-corrected chi connectivity index (χ3v) is 1.68. The Morgan fingerprint density at radius 2 is 2.14 bits per heavy atom. The highest BCUT2D eigenvalue weighted by Crippen LogP contribution is 2.14. The highest BCUT2D eigenvalue weighted by atomic mass is 35.5. The van der Waals surface area contributed by atoms with Gasteiger partial charge in [-0.05, 0) is 18.2 Å². The largest absolute Gasteiger partial charge is 0.369 e. The van der Waals surface area contributed by atoms with Crippen LogP contribution in [0.2, 0.25) is 5.02 Å². The van der Waals surface area contributed by atoms with Crippen LogP contribution in [0, 0.1) is 0 Å². The summed E-state index contributed by atoms with van der Waals surface area (Å²) in [5.41, 5.74) is 5.40. The zero-order valence-electron chi connectivity index (χ0n) is 7.29. The van der Waals surface area contributed by atoms with Crippen LogP contribution in [0.15, 0.2) is 24.3 Å². The topological polar surface area (TPSA) is 72.2 Å². The third kappa shape index (κ3) is 3.45. The zero-order chi connectivity index (χ0) is 10.6. The van der Waals surface area contributed by atoms with E-state index in [2.05, 4.69) is 5.32 Å². The second-order valence-electron chi connectivity index (χ2n) is 2.70. The van der Waals surface area contributed by atoms with E-state index in [4.69, 9.17) is 17.3 Å². The Labute approximate surface area is 86.0 Å². The summed E-state index contributed by atoms with van der Waals surface area (Å²) in [5.74, 6) is -1.11. The molecule has 0 bridgehead atoms. The molecule has 74 valence electrons. The molecule has 1 aromatic rings. The molecule has 0 unspecified atom stereocenters. The van der Waals surface area contributed by atoms with Crippen LogP contribution in [-0.4, -0.2) is 11.8 Å². The number of primary amides is 1. The number of amides is 2. The Morgan fingerprint density at radius 3 is 2.71 bits per heavy atom. The van der Waals surface area contributed by atoms with Crippen molar-refractivity contribution in [3.8, 4) is 0 Å². The quantitative estimate of drug-likeness (QED) is 0.738. The van der Waals surface area contributed by atoms with E-state index in [1.807, 2.05) is 0 Å². The van der Waals surface area contributed by atoms with Crippen molar-refractivity contribution in [3.63, 3.8) is 0 Å². The average molecular weight is 213 g/mol. The monoisotopic (exact) mass is 212 g/mol.